The molecule has 1 atom stereocenters. The van der Waals surface area contributed by atoms with Gasteiger partial charge in [0.2, 0.25) is 5.91 Å². The first-order valence-electron chi connectivity index (χ1n) is 7.26. The SMILES string of the molecule is CN1C(=O)CC(C)(c2cc(-c3cccc(C#N)c3)c(Br)s2)N=C1N. The van der Waals surface area contributed by atoms with E-state index in [1.165, 1.54) is 16.2 Å². The Morgan fingerprint density at radius 3 is 2.88 bits per heavy atom. The lowest BCUT2D eigenvalue weighted by molar-refractivity contribution is -0.128. The molecule has 2 heterocycles. The maximum absolute atomic E-state index is 12.2. The molecule has 5 nitrogen and oxygen atoms in total. The maximum atomic E-state index is 12.2. The van der Waals surface area contributed by atoms with E-state index in [4.69, 9.17) is 11.0 Å². The Bertz CT molecular complexity index is 898. The third-order valence-electron chi connectivity index (χ3n) is 4.09. The largest absolute Gasteiger partial charge is 0.369 e. The van der Waals surface area contributed by atoms with Crippen LogP contribution in [0.2, 0.25) is 0 Å². The number of nitriles is 1. The highest BCUT2D eigenvalue weighted by Gasteiger charge is 2.37. The number of guanidine groups is 1. The van der Waals surface area contributed by atoms with Crippen LogP contribution in [0.5, 0.6) is 0 Å². The van der Waals surface area contributed by atoms with E-state index in [1.54, 1.807) is 13.1 Å². The Labute approximate surface area is 152 Å². The zero-order chi connectivity index (χ0) is 17.5. The van der Waals surface area contributed by atoms with Crippen LogP contribution in [0.15, 0.2) is 39.1 Å². The molecule has 0 fully saturated rings. The van der Waals surface area contributed by atoms with Gasteiger partial charge in [0.15, 0.2) is 5.96 Å². The van der Waals surface area contributed by atoms with Crippen LogP contribution in [0.4, 0.5) is 0 Å². The Balaban J connectivity index is 2.06. The molecular formula is C17H15BrN4OS. The summed E-state index contributed by atoms with van der Waals surface area (Å²) >= 11 is 5.13. The average Bonchev–Trinajstić information content (AvgIpc) is 2.95. The van der Waals surface area contributed by atoms with Crippen LogP contribution >= 0.6 is 27.3 Å². The van der Waals surface area contributed by atoms with Gasteiger partial charge in [-0.05, 0) is 46.6 Å². The molecule has 0 saturated carbocycles. The van der Waals surface area contributed by atoms with Crippen LogP contribution in [-0.4, -0.2) is 23.8 Å². The maximum Gasteiger partial charge on any atom is 0.231 e. The van der Waals surface area contributed by atoms with Crippen LogP contribution in [-0.2, 0) is 10.3 Å². The van der Waals surface area contributed by atoms with E-state index in [1.807, 2.05) is 31.2 Å². The monoisotopic (exact) mass is 402 g/mol. The Morgan fingerprint density at radius 2 is 2.21 bits per heavy atom. The van der Waals surface area contributed by atoms with E-state index in [-0.39, 0.29) is 18.3 Å². The second-order valence-corrected chi connectivity index (χ2v) is 8.23. The molecule has 0 bridgehead atoms. The second kappa shape index (κ2) is 6.04. The van der Waals surface area contributed by atoms with Crippen molar-refractivity contribution in [3.63, 3.8) is 0 Å². The molecule has 1 aliphatic heterocycles. The summed E-state index contributed by atoms with van der Waals surface area (Å²) in [6.45, 7) is 1.92. The number of nitrogens with zero attached hydrogens (tertiary/aromatic N) is 3. The first-order chi connectivity index (χ1) is 11.3. The number of amides is 1. The normalized spacial score (nSPS) is 20.7. The molecule has 0 aliphatic carbocycles. The smallest absolute Gasteiger partial charge is 0.231 e. The second-order valence-electron chi connectivity index (χ2n) is 5.86. The Kier molecular flexibility index (Phi) is 4.20. The molecule has 0 saturated heterocycles. The number of hydrogen-bond donors (Lipinski definition) is 1. The molecule has 1 aliphatic rings. The number of aliphatic imine (C=N–C) groups is 1. The molecule has 0 spiro atoms. The number of carbonyl (C=O) groups is 1. The topological polar surface area (TPSA) is 82.5 Å². The molecule has 24 heavy (non-hydrogen) atoms. The standard InChI is InChI=1S/C17H15BrN4OS/c1-17(8-14(23)22(2)16(20)21-17)13-7-12(15(18)24-13)11-5-3-4-10(6-11)9-19/h3-7H,8H2,1-2H3,(H2,20,21). The molecule has 2 N–H and O–H groups in total. The van der Waals surface area contributed by atoms with E-state index >= 15 is 0 Å². The molecule has 1 aromatic heterocycles. The van der Waals surface area contributed by atoms with Crippen molar-refractivity contribution in [1.29, 1.82) is 5.26 Å². The Morgan fingerprint density at radius 1 is 1.46 bits per heavy atom. The molecule has 1 aromatic carbocycles. The van der Waals surface area contributed by atoms with Gasteiger partial charge in [-0.2, -0.15) is 5.26 Å². The van der Waals surface area contributed by atoms with Crippen molar-refractivity contribution >= 4 is 39.1 Å². The Hall–Kier alpha value is -2.17. The van der Waals surface area contributed by atoms with Gasteiger partial charge < -0.3 is 5.73 Å². The molecular weight excluding hydrogens is 388 g/mol. The van der Waals surface area contributed by atoms with E-state index in [0.29, 0.717) is 5.56 Å². The summed E-state index contributed by atoms with van der Waals surface area (Å²) in [5, 5.41) is 9.08. The van der Waals surface area contributed by atoms with Crippen molar-refractivity contribution < 1.29 is 4.79 Å². The summed E-state index contributed by atoms with van der Waals surface area (Å²) < 4.78 is 0.939. The van der Waals surface area contributed by atoms with Crippen LogP contribution in [0, 0.1) is 11.3 Å². The van der Waals surface area contributed by atoms with Crippen molar-refractivity contribution in [3.8, 4) is 17.2 Å². The van der Waals surface area contributed by atoms with E-state index in [9.17, 15) is 4.79 Å². The molecule has 3 rings (SSSR count). The van der Waals surface area contributed by atoms with Crippen molar-refractivity contribution in [2.45, 2.75) is 18.9 Å². The minimum atomic E-state index is -0.675. The lowest BCUT2D eigenvalue weighted by Crippen LogP contribution is -2.47. The number of rotatable bonds is 2. The number of nitrogens with two attached hydrogens (primary N) is 1. The summed E-state index contributed by atoms with van der Waals surface area (Å²) in [6, 6.07) is 11.6. The van der Waals surface area contributed by atoms with Gasteiger partial charge in [0.05, 0.1) is 21.8 Å². The van der Waals surface area contributed by atoms with Gasteiger partial charge in [-0.15, -0.1) is 11.3 Å². The van der Waals surface area contributed by atoms with Gasteiger partial charge in [-0.3, -0.25) is 9.69 Å². The van der Waals surface area contributed by atoms with E-state index in [2.05, 4.69) is 27.0 Å². The minimum absolute atomic E-state index is 0.0532. The summed E-state index contributed by atoms with van der Waals surface area (Å²) in [7, 11) is 1.63. The van der Waals surface area contributed by atoms with Gasteiger partial charge >= 0.3 is 0 Å². The fourth-order valence-electron chi connectivity index (χ4n) is 2.64. The minimum Gasteiger partial charge on any atom is -0.369 e. The number of halogens is 1. The van der Waals surface area contributed by atoms with Gasteiger partial charge in [-0.25, -0.2) is 4.99 Å². The van der Waals surface area contributed by atoms with Crippen LogP contribution in [0.1, 0.15) is 23.8 Å². The van der Waals surface area contributed by atoms with Crippen molar-refractivity contribution in [3.05, 3.63) is 44.6 Å². The predicted octanol–water partition coefficient (Wildman–Crippen LogP) is 3.44. The lowest BCUT2D eigenvalue weighted by atomic mass is 9.93. The number of carbonyl (C=O) groups excluding carboxylic acids is 1. The first-order valence-corrected chi connectivity index (χ1v) is 8.87. The molecule has 2 aromatic rings. The van der Waals surface area contributed by atoms with Crippen molar-refractivity contribution in [1.82, 2.24) is 4.90 Å². The first kappa shape index (κ1) is 16.7. The average molecular weight is 403 g/mol. The lowest BCUT2D eigenvalue weighted by Gasteiger charge is -2.32. The van der Waals surface area contributed by atoms with Crippen LogP contribution in [0.3, 0.4) is 0 Å². The highest BCUT2D eigenvalue weighted by Crippen LogP contribution is 2.44. The summed E-state index contributed by atoms with van der Waals surface area (Å²) in [4.78, 5) is 19.0. The quantitative estimate of drug-likeness (QED) is 0.834. The highest BCUT2D eigenvalue weighted by molar-refractivity contribution is 9.11. The molecule has 1 unspecified atom stereocenters. The fourth-order valence-corrected chi connectivity index (χ4v) is 4.50. The van der Waals surface area contributed by atoms with Gasteiger partial charge in [0, 0.05) is 17.5 Å². The zero-order valence-corrected chi connectivity index (χ0v) is 15.6. The van der Waals surface area contributed by atoms with Gasteiger partial charge in [0.25, 0.3) is 0 Å². The molecule has 0 radical (unpaired) electrons. The summed E-state index contributed by atoms with van der Waals surface area (Å²) in [6.07, 6.45) is 0.273. The third-order valence-corrected chi connectivity index (χ3v) is 6.18. The van der Waals surface area contributed by atoms with Gasteiger partial charge in [0.1, 0.15) is 5.54 Å². The third kappa shape index (κ3) is 2.83. The number of benzene rings is 1. The van der Waals surface area contributed by atoms with Gasteiger partial charge in [-0.1, -0.05) is 12.1 Å². The number of thiophene rings is 1. The zero-order valence-electron chi connectivity index (χ0n) is 13.2. The van der Waals surface area contributed by atoms with Crippen molar-refractivity contribution in [2.75, 3.05) is 7.05 Å². The predicted molar refractivity (Wildman–Crippen MR) is 98.5 cm³/mol. The molecule has 1 amide bonds. The molecule has 7 heteroatoms. The van der Waals surface area contributed by atoms with Crippen LogP contribution < -0.4 is 5.73 Å². The highest BCUT2D eigenvalue weighted by atomic mass is 79.9. The van der Waals surface area contributed by atoms with E-state index < -0.39 is 5.54 Å². The number of hydrogen-bond acceptors (Lipinski definition) is 5. The fraction of sp³-hybridized carbons (Fsp3) is 0.235. The summed E-state index contributed by atoms with van der Waals surface area (Å²) in [5.41, 5.74) is 7.75. The van der Waals surface area contributed by atoms with Crippen molar-refractivity contribution in [2.24, 2.45) is 10.7 Å². The van der Waals surface area contributed by atoms with Crippen LogP contribution in [0.25, 0.3) is 11.1 Å². The summed E-state index contributed by atoms with van der Waals surface area (Å²) in [5.74, 6) is 0.175. The van der Waals surface area contributed by atoms with E-state index in [0.717, 1.165) is 19.8 Å². The molecule has 122 valence electrons.